The van der Waals surface area contributed by atoms with E-state index in [1.807, 2.05) is 0 Å². The van der Waals surface area contributed by atoms with Gasteiger partial charge < -0.3 is 9.67 Å². The van der Waals surface area contributed by atoms with Crippen molar-refractivity contribution in [1.29, 1.82) is 0 Å². The van der Waals surface area contributed by atoms with Crippen molar-refractivity contribution >= 4 is 18.6 Å². The van der Waals surface area contributed by atoms with Gasteiger partial charge in [-0.2, -0.15) is 0 Å². The molecule has 0 amide bonds. The molecule has 0 fully saturated rings. The van der Waals surface area contributed by atoms with Crippen molar-refractivity contribution in [2.75, 3.05) is 0 Å². The average molecular weight is 158 g/mol. The van der Waals surface area contributed by atoms with Crippen LogP contribution in [-0.2, 0) is 7.05 Å². The molecule has 0 saturated carbocycles. The summed E-state index contributed by atoms with van der Waals surface area (Å²) < 4.78 is 1.39. The van der Waals surface area contributed by atoms with Gasteiger partial charge in [0.1, 0.15) is 5.69 Å². The monoisotopic (exact) mass is 158 g/mol. The molecule has 0 aromatic carbocycles. The Bertz CT molecular complexity index is 269. The maximum absolute atomic E-state index is 10.3. The molecule has 4 nitrogen and oxygen atoms in total. The molecule has 1 rings (SSSR count). The highest BCUT2D eigenvalue weighted by Gasteiger charge is 2.08. The molecule has 0 aliphatic heterocycles. The van der Waals surface area contributed by atoms with Gasteiger partial charge in [0.25, 0.3) is 0 Å². The Hall–Kier alpha value is -0.970. The van der Waals surface area contributed by atoms with Crippen LogP contribution in [0.5, 0.6) is 0 Å². The maximum Gasteiger partial charge on any atom is 0.354 e. The number of aromatic carboxylic acids is 1. The van der Waals surface area contributed by atoms with E-state index in [2.05, 4.69) is 17.6 Å². The molecule has 10 heavy (non-hydrogen) atoms. The number of carbonyl (C=O) groups is 1. The molecule has 1 heterocycles. The van der Waals surface area contributed by atoms with Gasteiger partial charge in [-0.25, -0.2) is 9.78 Å². The molecule has 0 bridgehead atoms. The molecular formula is C5H6N2O2S. The second-order valence-electron chi connectivity index (χ2n) is 1.81. The summed E-state index contributed by atoms with van der Waals surface area (Å²) in [7, 11) is 1.60. The molecule has 0 aliphatic carbocycles. The highest BCUT2D eigenvalue weighted by molar-refractivity contribution is 7.80. The third kappa shape index (κ3) is 0.995. The van der Waals surface area contributed by atoms with Crippen LogP contribution in [0.25, 0.3) is 0 Å². The maximum atomic E-state index is 10.3. The van der Waals surface area contributed by atoms with E-state index in [0.29, 0.717) is 5.16 Å². The van der Waals surface area contributed by atoms with Gasteiger partial charge in [-0.15, -0.1) is 12.6 Å². The van der Waals surface area contributed by atoms with Gasteiger partial charge in [-0.05, 0) is 0 Å². The molecule has 0 radical (unpaired) electrons. The van der Waals surface area contributed by atoms with Gasteiger partial charge in [0.2, 0.25) is 0 Å². The lowest BCUT2D eigenvalue weighted by molar-refractivity contribution is 0.0685. The molecule has 1 aromatic heterocycles. The Labute approximate surface area is 62.9 Å². The van der Waals surface area contributed by atoms with Gasteiger partial charge >= 0.3 is 5.97 Å². The molecule has 54 valence electrons. The van der Waals surface area contributed by atoms with Crippen LogP contribution in [-0.4, -0.2) is 20.6 Å². The molecule has 0 spiro atoms. The molecule has 0 unspecified atom stereocenters. The number of thiol groups is 1. The zero-order chi connectivity index (χ0) is 7.72. The predicted molar refractivity (Wildman–Crippen MR) is 37.4 cm³/mol. The standard InChI is InChI=1S/C5H6N2O2S/c1-7-3(4(8)9)2-6-5(7)10/h2H,1H3,(H,6,10)(H,8,9). The summed E-state index contributed by atoms with van der Waals surface area (Å²) in [6.45, 7) is 0. The number of hydrogen-bond donors (Lipinski definition) is 2. The van der Waals surface area contributed by atoms with Crippen LogP contribution in [0.2, 0.25) is 0 Å². The SMILES string of the molecule is Cn1c(C(=O)O)cnc1S. The molecular weight excluding hydrogens is 152 g/mol. The van der Waals surface area contributed by atoms with Gasteiger partial charge in [-0.1, -0.05) is 0 Å². The van der Waals surface area contributed by atoms with Crippen molar-refractivity contribution in [3.8, 4) is 0 Å². The molecule has 0 aliphatic rings. The zero-order valence-corrected chi connectivity index (χ0v) is 6.17. The third-order valence-electron chi connectivity index (χ3n) is 1.18. The van der Waals surface area contributed by atoms with Crippen LogP contribution in [0, 0.1) is 0 Å². The summed E-state index contributed by atoms with van der Waals surface area (Å²) in [5.74, 6) is -0.990. The van der Waals surface area contributed by atoms with Crippen LogP contribution < -0.4 is 0 Å². The molecule has 1 aromatic rings. The second-order valence-corrected chi connectivity index (χ2v) is 2.21. The van der Waals surface area contributed by atoms with E-state index in [1.54, 1.807) is 7.05 Å². The van der Waals surface area contributed by atoms with Crippen molar-refractivity contribution in [2.45, 2.75) is 5.16 Å². The van der Waals surface area contributed by atoms with E-state index in [1.165, 1.54) is 10.8 Å². The Balaban J connectivity index is 3.17. The number of carboxylic acids is 1. The van der Waals surface area contributed by atoms with E-state index in [-0.39, 0.29) is 5.69 Å². The highest BCUT2D eigenvalue weighted by atomic mass is 32.1. The van der Waals surface area contributed by atoms with E-state index >= 15 is 0 Å². The lowest BCUT2D eigenvalue weighted by Crippen LogP contribution is -2.03. The van der Waals surface area contributed by atoms with Crippen molar-refractivity contribution in [3.63, 3.8) is 0 Å². The van der Waals surface area contributed by atoms with E-state index in [4.69, 9.17) is 5.11 Å². The van der Waals surface area contributed by atoms with E-state index in [9.17, 15) is 4.79 Å². The number of hydrogen-bond acceptors (Lipinski definition) is 3. The topological polar surface area (TPSA) is 55.1 Å². The lowest BCUT2D eigenvalue weighted by Gasteiger charge is -1.94. The summed E-state index contributed by atoms with van der Waals surface area (Å²) >= 11 is 3.90. The van der Waals surface area contributed by atoms with Gasteiger partial charge in [-0.3, -0.25) is 0 Å². The summed E-state index contributed by atoms with van der Waals surface area (Å²) in [5, 5.41) is 8.88. The Kier molecular flexibility index (Phi) is 1.67. The number of carboxylic acid groups (broad SMARTS) is 1. The van der Waals surface area contributed by atoms with E-state index < -0.39 is 5.97 Å². The molecule has 1 N–H and O–H groups in total. The van der Waals surface area contributed by atoms with Crippen molar-refractivity contribution < 1.29 is 9.90 Å². The van der Waals surface area contributed by atoms with Gasteiger partial charge in [0, 0.05) is 7.05 Å². The van der Waals surface area contributed by atoms with Crippen LogP contribution >= 0.6 is 12.6 Å². The largest absolute Gasteiger partial charge is 0.477 e. The quantitative estimate of drug-likeness (QED) is 0.582. The summed E-state index contributed by atoms with van der Waals surface area (Å²) in [6, 6.07) is 0. The van der Waals surface area contributed by atoms with Crippen LogP contribution in [0.4, 0.5) is 0 Å². The second kappa shape index (κ2) is 2.34. The predicted octanol–water partition coefficient (Wildman–Crippen LogP) is 0.407. The minimum absolute atomic E-state index is 0.144. The molecule has 0 saturated heterocycles. The number of rotatable bonds is 1. The van der Waals surface area contributed by atoms with Gasteiger partial charge in [0.05, 0.1) is 6.20 Å². The fraction of sp³-hybridized carbons (Fsp3) is 0.200. The first kappa shape index (κ1) is 7.14. The molecule has 5 heteroatoms. The average Bonchev–Trinajstić information content (AvgIpc) is 2.14. The van der Waals surface area contributed by atoms with Crippen molar-refractivity contribution in [3.05, 3.63) is 11.9 Å². The first-order valence-corrected chi connectivity index (χ1v) is 3.01. The lowest BCUT2D eigenvalue weighted by atomic mass is 10.5. The van der Waals surface area contributed by atoms with Crippen LogP contribution in [0.1, 0.15) is 10.5 Å². The minimum Gasteiger partial charge on any atom is -0.477 e. The van der Waals surface area contributed by atoms with Crippen molar-refractivity contribution in [1.82, 2.24) is 9.55 Å². The summed E-state index contributed by atoms with van der Waals surface area (Å²) in [5.41, 5.74) is 0.144. The minimum atomic E-state index is -0.990. The Morgan fingerprint density at radius 2 is 2.50 bits per heavy atom. The summed E-state index contributed by atoms with van der Waals surface area (Å²) in [6.07, 6.45) is 1.27. The van der Waals surface area contributed by atoms with E-state index in [0.717, 1.165) is 0 Å². The number of nitrogens with zero attached hydrogens (tertiary/aromatic N) is 2. The normalized spacial score (nSPS) is 9.80. The fourth-order valence-electron chi connectivity index (χ4n) is 0.599. The number of aromatic nitrogens is 2. The first-order chi connectivity index (χ1) is 4.63. The first-order valence-electron chi connectivity index (χ1n) is 2.57. The van der Waals surface area contributed by atoms with Gasteiger partial charge in [0.15, 0.2) is 5.16 Å². The van der Waals surface area contributed by atoms with Crippen LogP contribution in [0.15, 0.2) is 11.4 Å². The number of imidazole rings is 1. The third-order valence-corrected chi connectivity index (χ3v) is 1.60. The Morgan fingerprint density at radius 3 is 2.70 bits per heavy atom. The van der Waals surface area contributed by atoms with Crippen LogP contribution in [0.3, 0.4) is 0 Å². The molecule has 0 atom stereocenters. The smallest absolute Gasteiger partial charge is 0.354 e. The zero-order valence-electron chi connectivity index (χ0n) is 5.27. The van der Waals surface area contributed by atoms with Crippen molar-refractivity contribution in [2.24, 2.45) is 7.05 Å². The fourth-order valence-corrected chi connectivity index (χ4v) is 0.764. The Morgan fingerprint density at radius 1 is 1.90 bits per heavy atom. The highest BCUT2D eigenvalue weighted by Crippen LogP contribution is 2.05. The summed E-state index contributed by atoms with van der Waals surface area (Å²) in [4.78, 5) is 14.0.